The predicted molar refractivity (Wildman–Crippen MR) is 116 cm³/mol. The maximum absolute atomic E-state index is 12.2. The molecule has 8 nitrogen and oxygen atoms in total. The van der Waals surface area contributed by atoms with Crippen LogP contribution in [-0.4, -0.2) is 48.7 Å². The van der Waals surface area contributed by atoms with Crippen LogP contribution in [0.3, 0.4) is 0 Å². The summed E-state index contributed by atoms with van der Waals surface area (Å²) < 4.78 is 25.9. The van der Waals surface area contributed by atoms with Gasteiger partial charge >= 0.3 is 0 Å². The summed E-state index contributed by atoms with van der Waals surface area (Å²) in [5, 5.41) is 14.7. The molecule has 29 heavy (non-hydrogen) atoms. The largest absolute Gasteiger partial charge is 0.330 e. The van der Waals surface area contributed by atoms with Gasteiger partial charge in [0.2, 0.25) is 21.1 Å². The Morgan fingerprint density at radius 2 is 1.72 bits per heavy atom. The van der Waals surface area contributed by atoms with Crippen molar-refractivity contribution >= 4 is 55.5 Å². The first kappa shape index (κ1) is 21.2. The molecule has 2 N–H and O–H groups in total. The van der Waals surface area contributed by atoms with Crippen molar-refractivity contribution in [3.8, 4) is 0 Å². The minimum absolute atomic E-state index is 0.164. The molecule has 3 rings (SSSR count). The van der Waals surface area contributed by atoms with Crippen LogP contribution in [0.25, 0.3) is 0 Å². The summed E-state index contributed by atoms with van der Waals surface area (Å²) in [4.78, 5) is 12.3. The molecule has 1 amide bonds. The molecule has 152 valence electrons. The standard InChI is InChI=1S/C18H19N5O3S3/c1-23(2)29(25,26)15-10-8-14(9-11-15)19-16(24)12-27-18-22-21-17(28-18)20-13-6-4-3-5-7-13/h3-11H,12H2,1-2H3,(H,19,24)(H,20,21). The second-order valence-electron chi connectivity index (χ2n) is 6.01. The number of hydrogen-bond acceptors (Lipinski definition) is 8. The molecule has 0 bridgehead atoms. The number of nitrogens with one attached hydrogen (secondary N) is 2. The fourth-order valence-corrected chi connectivity index (χ4v) is 4.68. The van der Waals surface area contributed by atoms with Crippen molar-refractivity contribution in [1.82, 2.24) is 14.5 Å². The number of anilines is 3. The highest BCUT2D eigenvalue weighted by atomic mass is 32.2. The summed E-state index contributed by atoms with van der Waals surface area (Å²) in [5.41, 5.74) is 1.44. The Bertz CT molecular complexity index is 1070. The average Bonchev–Trinajstić information content (AvgIpc) is 3.15. The smallest absolute Gasteiger partial charge is 0.242 e. The number of aromatic nitrogens is 2. The zero-order valence-corrected chi connectivity index (χ0v) is 18.1. The van der Waals surface area contributed by atoms with Crippen molar-refractivity contribution in [2.45, 2.75) is 9.24 Å². The van der Waals surface area contributed by atoms with Crippen molar-refractivity contribution < 1.29 is 13.2 Å². The van der Waals surface area contributed by atoms with E-state index in [0.29, 0.717) is 15.2 Å². The summed E-state index contributed by atoms with van der Waals surface area (Å²) in [7, 11) is -0.555. The van der Waals surface area contributed by atoms with E-state index < -0.39 is 10.0 Å². The molecule has 0 atom stereocenters. The molecular formula is C18H19N5O3S3. The summed E-state index contributed by atoms with van der Waals surface area (Å²) in [6, 6.07) is 15.7. The molecule has 3 aromatic rings. The molecular weight excluding hydrogens is 430 g/mol. The van der Waals surface area contributed by atoms with Gasteiger partial charge in [0.05, 0.1) is 10.6 Å². The van der Waals surface area contributed by atoms with Crippen LogP contribution < -0.4 is 10.6 Å². The Balaban J connectivity index is 1.51. The first-order valence-electron chi connectivity index (χ1n) is 8.45. The van der Waals surface area contributed by atoms with Crippen LogP contribution in [-0.2, 0) is 14.8 Å². The van der Waals surface area contributed by atoms with Crippen LogP contribution in [0.15, 0.2) is 63.8 Å². The van der Waals surface area contributed by atoms with E-state index >= 15 is 0 Å². The molecule has 0 radical (unpaired) electrons. The highest BCUT2D eigenvalue weighted by Gasteiger charge is 2.17. The lowest BCUT2D eigenvalue weighted by atomic mass is 10.3. The number of carbonyl (C=O) groups is 1. The first-order chi connectivity index (χ1) is 13.8. The first-order valence-corrected chi connectivity index (χ1v) is 11.7. The Morgan fingerprint density at radius 3 is 2.38 bits per heavy atom. The van der Waals surface area contributed by atoms with Crippen molar-refractivity contribution in [2.75, 3.05) is 30.5 Å². The van der Waals surface area contributed by atoms with Gasteiger partial charge in [-0.3, -0.25) is 4.79 Å². The summed E-state index contributed by atoms with van der Waals surface area (Å²) >= 11 is 2.64. The van der Waals surface area contributed by atoms with Crippen LogP contribution in [0.4, 0.5) is 16.5 Å². The number of sulfonamides is 1. The third kappa shape index (κ3) is 5.76. The SMILES string of the molecule is CN(C)S(=O)(=O)c1ccc(NC(=O)CSc2nnc(Nc3ccccc3)s2)cc1. The minimum Gasteiger partial charge on any atom is -0.330 e. The van der Waals surface area contributed by atoms with Gasteiger partial charge in [0.15, 0.2) is 4.34 Å². The molecule has 2 aromatic carbocycles. The number of thioether (sulfide) groups is 1. The molecule has 0 saturated heterocycles. The maximum Gasteiger partial charge on any atom is 0.242 e. The second-order valence-corrected chi connectivity index (χ2v) is 10.4. The van der Waals surface area contributed by atoms with Gasteiger partial charge in [-0.25, -0.2) is 12.7 Å². The topological polar surface area (TPSA) is 104 Å². The Hall–Kier alpha value is -2.47. The molecule has 0 aliphatic carbocycles. The molecule has 0 spiro atoms. The van der Waals surface area contributed by atoms with Crippen molar-refractivity contribution in [1.29, 1.82) is 0 Å². The zero-order valence-electron chi connectivity index (χ0n) is 15.7. The maximum atomic E-state index is 12.2. The van der Waals surface area contributed by atoms with Gasteiger partial charge in [-0.2, -0.15) is 0 Å². The van der Waals surface area contributed by atoms with Crippen molar-refractivity contribution in [3.63, 3.8) is 0 Å². The van der Waals surface area contributed by atoms with E-state index in [1.54, 1.807) is 12.1 Å². The van der Waals surface area contributed by atoms with Crippen LogP contribution in [0, 0.1) is 0 Å². The lowest BCUT2D eigenvalue weighted by molar-refractivity contribution is -0.113. The average molecular weight is 450 g/mol. The summed E-state index contributed by atoms with van der Waals surface area (Å²) in [5.74, 6) is -0.0523. The van der Waals surface area contributed by atoms with E-state index in [0.717, 1.165) is 9.99 Å². The van der Waals surface area contributed by atoms with Crippen molar-refractivity contribution in [3.05, 3.63) is 54.6 Å². The van der Waals surface area contributed by atoms with Crippen LogP contribution >= 0.6 is 23.1 Å². The van der Waals surface area contributed by atoms with Gasteiger partial charge in [-0.15, -0.1) is 10.2 Å². The number of amides is 1. The van der Waals surface area contributed by atoms with Gasteiger partial charge in [-0.1, -0.05) is 41.3 Å². The number of benzene rings is 2. The minimum atomic E-state index is -3.49. The lowest BCUT2D eigenvalue weighted by Gasteiger charge is -2.11. The Kier molecular flexibility index (Phi) is 6.85. The fraction of sp³-hybridized carbons (Fsp3) is 0.167. The molecule has 0 aliphatic heterocycles. The van der Waals surface area contributed by atoms with Gasteiger partial charge in [0, 0.05) is 25.5 Å². The second kappa shape index (κ2) is 9.35. The van der Waals surface area contributed by atoms with Crippen LogP contribution in [0.1, 0.15) is 0 Å². The van der Waals surface area contributed by atoms with E-state index in [1.165, 1.54) is 49.3 Å². The normalized spacial score (nSPS) is 11.4. The Morgan fingerprint density at radius 1 is 1.03 bits per heavy atom. The number of nitrogens with zero attached hydrogens (tertiary/aromatic N) is 3. The van der Waals surface area contributed by atoms with Gasteiger partial charge in [0.1, 0.15) is 0 Å². The third-order valence-corrected chi connectivity index (χ3v) is 7.48. The van der Waals surface area contributed by atoms with Gasteiger partial charge < -0.3 is 10.6 Å². The monoisotopic (exact) mass is 449 g/mol. The third-order valence-electron chi connectivity index (χ3n) is 3.67. The van der Waals surface area contributed by atoms with E-state index in [1.807, 2.05) is 30.3 Å². The molecule has 0 unspecified atom stereocenters. The molecule has 1 aromatic heterocycles. The number of carbonyl (C=O) groups excluding carboxylic acids is 1. The lowest BCUT2D eigenvalue weighted by Crippen LogP contribution is -2.22. The quantitative estimate of drug-likeness (QED) is 0.509. The molecule has 11 heteroatoms. The van der Waals surface area contributed by atoms with E-state index in [2.05, 4.69) is 20.8 Å². The van der Waals surface area contributed by atoms with E-state index in [9.17, 15) is 13.2 Å². The van der Waals surface area contributed by atoms with Crippen LogP contribution in [0.5, 0.6) is 0 Å². The summed E-state index contributed by atoms with van der Waals surface area (Å²) in [6.45, 7) is 0. The highest BCUT2D eigenvalue weighted by Crippen LogP contribution is 2.27. The number of para-hydroxylation sites is 1. The van der Waals surface area contributed by atoms with E-state index in [4.69, 9.17) is 0 Å². The fourth-order valence-electron chi connectivity index (χ4n) is 2.21. The number of rotatable bonds is 8. The molecule has 0 fully saturated rings. The predicted octanol–water partition coefficient (Wildman–Crippen LogP) is 3.26. The zero-order chi connectivity index (χ0) is 20.9. The summed E-state index contributed by atoms with van der Waals surface area (Å²) in [6.07, 6.45) is 0. The molecule has 1 heterocycles. The van der Waals surface area contributed by atoms with E-state index in [-0.39, 0.29) is 16.6 Å². The Labute approximate surface area is 177 Å². The van der Waals surface area contributed by atoms with Crippen molar-refractivity contribution in [2.24, 2.45) is 0 Å². The molecule has 0 saturated carbocycles. The van der Waals surface area contributed by atoms with Gasteiger partial charge in [0.25, 0.3) is 0 Å². The highest BCUT2D eigenvalue weighted by molar-refractivity contribution is 8.01. The van der Waals surface area contributed by atoms with Crippen LogP contribution in [0.2, 0.25) is 0 Å². The molecule has 0 aliphatic rings. The number of hydrogen-bond donors (Lipinski definition) is 2. The van der Waals surface area contributed by atoms with Gasteiger partial charge in [-0.05, 0) is 36.4 Å².